The van der Waals surface area contributed by atoms with Crippen LogP contribution in [0.25, 0.3) is 11.0 Å². The van der Waals surface area contributed by atoms with Crippen molar-refractivity contribution in [1.82, 2.24) is 29.6 Å². The Morgan fingerprint density at radius 3 is 2.49 bits per heavy atom. The van der Waals surface area contributed by atoms with E-state index in [2.05, 4.69) is 40.4 Å². The smallest absolute Gasteiger partial charge is 0.414 e. The summed E-state index contributed by atoms with van der Waals surface area (Å²) in [6.45, 7) is 6.38. The Morgan fingerprint density at radius 1 is 1.16 bits per heavy atom. The first-order valence-electron chi connectivity index (χ1n) is 12.0. The largest absolute Gasteiger partial charge is 0.473 e. The standard InChI is InChI=1S/C22H28N8O.C2H2O4/c1-4-18(31)30-12-15(8-5-13(30)2)25-21-19-17(14-6-7-14)10-23-20(19)27-22(28-21)26-16-9-24-29(3)11-16;3-1(4)2(5)6/h4,9-11,13-15H,1,5-8,12H2,2-3H3,(H3,23,25,26,27,28);(H,3,4)(H,5,6)/t13-,15+;/m0./s1. The number of aliphatic carboxylic acids is 2. The zero-order chi connectivity index (χ0) is 26.7. The van der Waals surface area contributed by atoms with Crippen LogP contribution in [-0.4, -0.2) is 76.3 Å². The molecule has 5 rings (SSSR count). The van der Waals surface area contributed by atoms with Gasteiger partial charge in [0.1, 0.15) is 11.5 Å². The number of aromatic amines is 1. The van der Waals surface area contributed by atoms with E-state index in [1.54, 1.807) is 10.9 Å². The number of carbonyl (C=O) groups is 3. The van der Waals surface area contributed by atoms with Crippen LogP contribution in [0.15, 0.2) is 31.2 Å². The van der Waals surface area contributed by atoms with E-state index in [1.807, 2.05) is 18.1 Å². The van der Waals surface area contributed by atoms with E-state index in [1.165, 1.54) is 24.5 Å². The van der Waals surface area contributed by atoms with Crippen molar-refractivity contribution < 1.29 is 24.6 Å². The van der Waals surface area contributed by atoms with Gasteiger partial charge in [0.15, 0.2) is 0 Å². The minimum Gasteiger partial charge on any atom is -0.473 e. The molecule has 0 spiro atoms. The Bertz CT molecular complexity index is 1320. The zero-order valence-corrected chi connectivity index (χ0v) is 20.6. The number of H-pyrrole nitrogens is 1. The number of nitrogens with one attached hydrogen (secondary N) is 3. The summed E-state index contributed by atoms with van der Waals surface area (Å²) in [5.41, 5.74) is 2.92. The molecule has 1 saturated heterocycles. The third-order valence-corrected chi connectivity index (χ3v) is 6.40. The highest BCUT2D eigenvalue weighted by atomic mass is 16.4. The summed E-state index contributed by atoms with van der Waals surface area (Å²) in [5.74, 6) is -1.78. The first kappa shape index (κ1) is 25.7. The Kier molecular flexibility index (Phi) is 7.41. The number of aryl methyl sites for hydroxylation is 1. The van der Waals surface area contributed by atoms with Crippen molar-refractivity contribution in [3.8, 4) is 0 Å². The molecule has 0 aromatic carbocycles. The minimum atomic E-state index is -1.82. The van der Waals surface area contributed by atoms with E-state index in [0.29, 0.717) is 18.4 Å². The van der Waals surface area contributed by atoms with Crippen molar-refractivity contribution in [3.63, 3.8) is 0 Å². The van der Waals surface area contributed by atoms with Crippen LogP contribution in [0.4, 0.5) is 17.5 Å². The van der Waals surface area contributed by atoms with Crippen molar-refractivity contribution in [1.29, 1.82) is 0 Å². The number of piperidine rings is 1. The molecule has 37 heavy (non-hydrogen) atoms. The van der Waals surface area contributed by atoms with Gasteiger partial charge in [-0.2, -0.15) is 15.1 Å². The molecule has 1 amide bonds. The van der Waals surface area contributed by atoms with E-state index in [9.17, 15) is 4.79 Å². The Balaban J connectivity index is 0.000000480. The first-order chi connectivity index (χ1) is 17.7. The second-order valence-corrected chi connectivity index (χ2v) is 9.24. The van der Waals surface area contributed by atoms with Crippen LogP contribution in [0.1, 0.15) is 44.1 Å². The van der Waals surface area contributed by atoms with Crippen LogP contribution in [-0.2, 0) is 21.4 Å². The number of anilines is 3. The monoisotopic (exact) mass is 510 g/mol. The number of fused-ring (bicyclic) bond motifs is 1. The van der Waals surface area contributed by atoms with Gasteiger partial charge >= 0.3 is 11.9 Å². The Labute approximate surface area is 212 Å². The fraction of sp³-hybridized carbons (Fsp3) is 0.417. The lowest BCUT2D eigenvalue weighted by atomic mass is 9.99. The normalized spacial score (nSPS) is 19.0. The van der Waals surface area contributed by atoms with Crippen LogP contribution < -0.4 is 10.6 Å². The van der Waals surface area contributed by atoms with Gasteiger partial charge in [0.05, 0.1) is 17.3 Å². The predicted molar refractivity (Wildman–Crippen MR) is 136 cm³/mol. The van der Waals surface area contributed by atoms with Crippen LogP contribution in [0.3, 0.4) is 0 Å². The maximum absolute atomic E-state index is 12.3. The average molecular weight is 511 g/mol. The molecule has 2 aliphatic rings. The molecule has 0 unspecified atom stereocenters. The van der Waals surface area contributed by atoms with Crippen LogP contribution in [0.2, 0.25) is 0 Å². The number of hydrogen-bond donors (Lipinski definition) is 5. The summed E-state index contributed by atoms with van der Waals surface area (Å²) < 4.78 is 1.73. The molecule has 0 bridgehead atoms. The lowest BCUT2D eigenvalue weighted by Gasteiger charge is -2.38. The van der Waals surface area contributed by atoms with E-state index < -0.39 is 11.9 Å². The van der Waals surface area contributed by atoms with E-state index in [0.717, 1.165) is 35.4 Å². The van der Waals surface area contributed by atoms with Gasteiger partial charge in [-0.15, -0.1) is 0 Å². The number of nitrogens with zero attached hydrogens (tertiary/aromatic N) is 5. The molecule has 13 nitrogen and oxygen atoms in total. The second-order valence-electron chi connectivity index (χ2n) is 9.24. The molecule has 3 aromatic rings. The van der Waals surface area contributed by atoms with Gasteiger partial charge in [0.25, 0.3) is 0 Å². The molecule has 2 atom stereocenters. The minimum absolute atomic E-state index is 0.0221. The van der Waals surface area contributed by atoms with Gasteiger partial charge < -0.3 is 30.7 Å². The van der Waals surface area contributed by atoms with Gasteiger partial charge in [-0.1, -0.05) is 6.58 Å². The van der Waals surface area contributed by atoms with Crippen molar-refractivity contribution in [2.75, 3.05) is 17.2 Å². The number of aromatic nitrogens is 5. The topological polar surface area (TPSA) is 178 Å². The molecular formula is C24H30N8O5. The summed E-state index contributed by atoms with van der Waals surface area (Å²) in [5, 5.41) is 26.9. The second kappa shape index (κ2) is 10.7. The van der Waals surface area contributed by atoms with Gasteiger partial charge in [0, 0.05) is 38.1 Å². The molecule has 1 aliphatic carbocycles. The third-order valence-electron chi connectivity index (χ3n) is 6.40. The molecule has 1 aliphatic heterocycles. The predicted octanol–water partition coefficient (Wildman–Crippen LogP) is 2.45. The molecular weight excluding hydrogens is 480 g/mol. The van der Waals surface area contributed by atoms with E-state index in [-0.39, 0.29) is 18.0 Å². The van der Waals surface area contributed by atoms with Crippen molar-refractivity contribution in [3.05, 3.63) is 36.8 Å². The highest BCUT2D eigenvalue weighted by molar-refractivity contribution is 6.27. The van der Waals surface area contributed by atoms with Gasteiger partial charge in [-0.05, 0) is 50.2 Å². The van der Waals surface area contributed by atoms with Gasteiger partial charge in [0.2, 0.25) is 11.9 Å². The number of amides is 1. The van der Waals surface area contributed by atoms with Crippen LogP contribution in [0.5, 0.6) is 0 Å². The average Bonchev–Trinajstić information content (AvgIpc) is 3.49. The summed E-state index contributed by atoms with van der Waals surface area (Å²) in [6.07, 6.45) is 11.4. The molecule has 196 valence electrons. The van der Waals surface area contributed by atoms with Crippen LogP contribution in [0, 0.1) is 0 Å². The number of hydrogen-bond acceptors (Lipinski definition) is 8. The van der Waals surface area contributed by atoms with Crippen molar-refractivity contribution >= 4 is 46.3 Å². The van der Waals surface area contributed by atoms with Gasteiger partial charge in [-0.3, -0.25) is 9.48 Å². The SMILES string of the molecule is C=CC(=O)N1C[C@H](Nc2nc(Nc3cnn(C)c3)nc3[nH]cc(C4CC4)c23)CC[C@@H]1C.O=C(O)C(=O)O. The third kappa shape index (κ3) is 6.05. The molecule has 4 heterocycles. The number of rotatable bonds is 6. The summed E-state index contributed by atoms with van der Waals surface area (Å²) in [4.78, 5) is 45.2. The van der Waals surface area contributed by atoms with E-state index in [4.69, 9.17) is 29.8 Å². The molecule has 3 aromatic heterocycles. The zero-order valence-electron chi connectivity index (χ0n) is 20.6. The highest BCUT2D eigenvalue weighted by Crippen LogP contribution is 2.44. The fourth-order valence-electron chi connectivity index (χ4n) is 4.39. The summed E-state index contributed by atoms with van der Waals surface area (Å²) in [7, 11) is 1.87. The van der Waals surface area contributed by atoms with Crippen LogP contribution >= 0.6 is 0 Å². The number of likely N-dealkylation sites (tertiary alicyclic amines) is 1. The number of carboxylic acid groups (broad SMARTS) is 2. The first-order valence-corrected chi connectivity index (χ1v) is 12.0. The maximum atomic E-state index is 12.3. The molecule has 1 saturated carbocycles. The number of carbonyl (C=O) groups excluding carboxylic acids is 1. The quantitative estimate of drug-likeness (QED) is 0.244. The lowest BCUT2D eigenvalue weighted by Crippen LogP contribution is -2.49. The molecule has 13 heteroatoms. The maximum Gasteiger partial charge on any atom is 0.414 e. The Morgan fingerprint density at radius 2 is 1.89 bits per heavy atom. The summed E-state index contributed by atoms with van der Waals surface area (Å²) in [6, 6.07) is 0.331. The number of carboxylic acids is 2. The van der Waals surface area contributed by atoms with Crippen molar-refractivity contribution in [2.24, 2.45) is 7.05 Å². The fourth-order valence-corrected chi connectivity index (χ4v) is 4.39. The summed E-state index contributed by atoms with van der Waals surface area (Å²) >= 11 is 0. The molecule has 2 fully saturated rings. The molecule has 5 N–H and O–H groups in total. The Hall–Kier alpha value is -4.42. The van der Waals surface area contributed by atoms with Gasteiger partial charge in [-0.25, -0.2) is 9.59 Å². The highest BCUT2D eigenvalue weighted by Gasteiger charge is 2.31. The van der Waals surface area contributed by atoms with Crippen molar-refractivity contribution in [2.45, 2.75) is 50.6 Å². The molecule has 0 radical (unpaired) electrons. The van der Waals surface area contributed by atoms with E-state index >= 15 is 0 Å². The lowest BCUT2D eigenvalue weighted by molar-refractivity contribution is -0.159.